The van der Waals surface area contributed by atoms with Crippen LogP contribution >= 0.6 is 27.5 Å². The van der Waals surface area contributed by atoms with Crippen LogP contribution in [0, 0.1) is 11.6 Å². The van der Waals surface area contributed by atoms with Crippen molar-refractivity contribution in [1.82, 2.24) is 14.8 Å². The van der Waals surface area contributed by atoms with Crippen molar-refractivity contribution in [3.05, 3.63) is 56.9 Å². The molecule has 2 aromatic heterocycles. The number of ether oxygens (including phenoxy) is 1. The third-order valence-corrected chi connectivity index (χ3v) is 14.6. The van der Waals surface area contributed by atoms with Crippen LogP contribution in [0.2, 0.25) is 49.0 Å². The van der Waals surface area contributed by atoms with Crippen molar-refractivity contribution in [2.45, 2.75) is 84.1 Å². The summed E-state index contributed by atoms with van der Waals surface area (Å²) in [4.78, 5) is 4.35. The van der Waals surface area contributed by atoms with Crippen molar-refractivity contribution in [2.75, 3.05) is 17.2 Å². The molecule has 0 saturated heterocycles. The van der Waals surface area contributed by atoms with Crippen molar-refractivity contribution in [1.29, 1.82) is 0 Å². The van der Waals surface area contributed by atoms with Gasteiger partial charge < -0.3 is 19.8 Å². The van der Waals surface area contributed by atoms with Gasteiger partial charge in [0.05, 0.1) is 29.7 Å². The first kappa shape index (κ1) is 32.1. The fourth-order valence-corrected chi connectivity index (χ4v) is 6.42. The first-order valence-corrected chi connectivity index (χ1v) is 21.4. The van der Waals surface area contributed by atoms with E-state index in [2.05, 4.69) is 90.2 Å². The van der Waals surface area contributed by atoms with Gasteiger partial charge in [0, 0.05) is 25.8 Å². The molecular formula is C28H39BrClF2N5O2Si2. The van der Waals surface area contributed by atoms with Gasteiger partial charge in [-0.25, -0.2) is 18.4 Å². The molecule has 1 aromatic carbocycles. The molecular weight excluding hydrogens is 648 g/mol. The maximum atomic E-state index is 16.1. The minimum Gasteiger partial charge on any atom is -0.412 e. The van der Waals surface area contributed by atoms with Gasteiger partial charge in [0.15, 0.2) is 13.5 Å². The normalized spacial score (nSPS) is 15.6. The van der Waals surface area contributed by atoms with E-state index in [0.717, 1.165) is 6.04 Å². The number of halogens is 4. The monoisotopic (exact) mass is 685 g/mol. The van der Waals surface area contributed by atoms with Crippen LogP contribution in [0.4, 0.5) is 20.2 Å². The van der Waals surface area contributed by atoms with Crippen molar-refractivity contribution in [2.24, 2.45) is 0 Å². The highest BCUT2D eigenvalue weighted by Gasteiger charge is 2.38. The lowest BCUT2D eigenvalue weighted by atomic mass is 10.1. The maximum absolute atomic E-state index is 16.1. The van der Waals surface area contributed by atoms with Gasteiger partial charge in [-0.2, -0.15) is 5.10 Å². The first-order chi connectivity index (χ1) is 19.0. The minimum atomic E-state index is -2.16. The number of nitrogens with zero attached hydrogens (tertiary/aromatic N) is 3. The molecule has 3 aromatic rings. The number of fused-ring (bicyclic) bond motifs is 3. The first-order valence-electron chi connectivity index (χ1n) is 13.6. The molecule has 0 radical (unpaired) electrons. The lowest BCUT2D eigenvalue weighted by Gasteiger charge is -2.36. The molecule has 0 aliphatic carbocycles. The molecule has 0 bridgehead atoms. The Hall–Kier alpha value is -1.84. The molecule has 0 fully saturated rings. The van der Waals surface area contributed by atoms with Gasteiger partial charge in [0.1, 0.15) is 34.8 Å². The summed E-state index contributed by atoms with van der Waals surface area (Å²) < 4.78 is 45.9. The van der Waals surface area contributed by atoms with Crippen molar-refractivity contribution in [3.8, 4) is 11.3 Å². The molecule has 4 rings (SSSR count). The topological polar surface area (TPSA) is 73.2 Å². The number of benzene rings is 1. The number of nitrogens with one attached hydrogen (secondary N) is 2. The van der Waals surface area contributed by atoms with E-state index < -0.39 is 34.2 Å². The zero-order valence-corrected chi connectivity index (χ0v) is 29.2. The molecule has 13 heteroatoms. The maximum Gasteiger partial charge on any atom is 0.192 e. The highest BCUT2D eigenvalue weighted by Crippen LogP contribution is 2.45. The van der Waals surface area contributed by atoms with Gasteiger partial charge in [-0.3, -0.25) is 0 Å². The largest absolute Gasteiger partial charge is 0.412 e. The summed E-state index contributed by atoms with van der Waals surface area (Å²) in [5.41, 5.74) is 2.46. The molecule has 1 aliphatic rings. The Balaban J connectivity index is 1.71. The second kappa shape index (κ2) is 12.0. The van der Waals surface area contributed by atoms with E-state index >= 15 is 8.78 Å². The average molecular weight is 687 g/mol. The second-order valence-corrected chi connectivity index (χ2v) is 24.7. The summed E-state index contributed by atoms with van der Waals surface area (Å²) >= 11 is 10.1. The van der Waals surface area contributed by atoms with Gasteiger partial charge in [0.25, 0.3) is 0 Å². The molecule has 3 heterocycles. The Morgan fingerprint density at radius 1 is 1.12 bits per heavy atom. The number of rotatable bonds is 9. The molecule has 41 heavy (non-hydrogen) atoms. The highest BCUT2D eigenvalue weighted by atomic mass is 79.9. The van der Waals surface area contributed by atoms with Crippen molar-refractivity contribution >= 4 is 55.3 Å². The molecule has 2 N–H and O–H groups in total. The average Bonchev–Trinajstić information content (AvgIpc) is 3.05. The van der Waals surface area contributed by atoms with E-state index in [-0.39, 0.29) is 34.7 Å². The van der Waals surface area contributed by atoms with Crippen molar-refractivity contribution < 1.29 is 17.9 Å². The summed E-state index contributed by atoms with van der Waals surface area (Å²) in [5, 5.41) is 11.1. The zero-order valence-electron chi connectivity index (χ0n) is 24.9. The quantitative estimate of drug-likeness (QED) is 0.133. The van der Waals surface area contributed by atoms with E-state index in [1.807, 2.05) is 6.07 Å². The predicted molar refractivity (Wildman–Crippen MR) is 171 cm³/mol. The predicted octanol–water partition coefficient (Wildman–Crippen LogP) is 9.01. The zero-order chi connectivity index (χ0) is 30.3. The van der Waals surface area contributed by atoms with Gasteiger partial charge in [-0.1, -0.05) is 58.1 Å². The van der Waals surface area contributed by atoms with Crippen LogP contribution in [0.15, 0.2) is 29.0 Å². The number of anilines is 2. The Labute approximate surface area is 256 Å². The summed E-state index contributed by atoms with van der Waals surface area (Å²) in [7, 11) is -3.44. The molecule has 0 amide bonds. The summed E-state index contributed by atoms with van der Waals surface area (Å²) in [6.07, 6.45) is 0.606. The lowest BCUT2D eigenvalue weighted by molar-refractivity contribution is 0.0798. The lowest BCUT2D eigenvalue weighted by Crippen LogP contribution is -2.40. The number of pyridine rings is 1. The molecule has 0 spiro atoms. The Morgan fingerprint density at radius 3 is 2.49 bits per heavy atom. The standard InChI is InChI=1S/C28H39BrClF2N5O2Si2/c1-28(2,3)41(7,8)39-15-17-9-10-19(31)22(23(17)32)27-34-20-14-33-21(29)13-18(20)25-24(35-27)26(30)36-37(25)16-38-11-12-40(4,5)6/h9-10,13-14,27,34-35H,11-12,15-16H2,1-8H3. The fourth-order valence-electron chi connectivity index (χ4n) is 4.14. The van der Waals surface area contributed by atoms with Crippen LogP contribution in [-0.4, -0.2) is 37.8 Å². The van der Waals surface area contributed by atoms with E-state index in [9.17, 15) is 0 Å². The molecule has 1 unspecified atom stereocenters. The van der Waals surface area contributed by atoms with Crippen LogP contribution in [0.3, 0.4) is 0 Å². The van der Waals surface area contributed by atoms with E-state index in [0.29, 0.717) is 33.8 Å². The van der Waals surface area contributed by atoms with Crippen LogP contribution < -0.4 is 10.6 Å². The summed E-state index contributed by atoms with van der Waals surface area (Å²) in [5.74, 6) is -1.38. The number of aromatic nitrogens is 3. The van der Waals surface area contributed by atoms with Gasteiger partial charge in [-0.15, -0.1) is 0 Å². The summed E-state index contributed by atoms with van der Waals surface area (Å²) in [6.45, 7) is 18.2. The molecule has 7 nitrogen and oxygen atoms in total. The van der Waals surface area contributed by atoms with Gasteiger partial charge >= 0.3 is 0 Å². The number of hydrogen-bond acceptors (Lipinski definition) is 6. The SMILES string of the molecule is CC(C)(C)[Si](C)(C)OCc1ccc(F)c(C2Nc3cnc(Br)cc3-c3c(c(Cl)nn3COCC[Si](C)(C)C)N2)c1F. The van der Waals surface area contributed by atoms with E-state index in [1.54, 1.807) is 10.9 Å². The van der Waals surface area contributed by atoms with E-state index in [4.69, 9.17) is 20.8 Å². The van der Waals surface area contributed by atoms with Crippen LogP contribution in [0.1, 0.15) is 38.1 Å². The third kappa shape index (κ3) is 7.22. The Bertz CT molecular complexity index is 1430. The van der Waals surface area contributed by atoms with Gasteiger partial charge in [-0.05, 0) is 52.2 Å². The second-order valence-electron chi connectivity index (χ2n) is 13.1. The Kier molecular flexibility index (Phi) is 9.42. The smallest absolute Gasteiger partial charge is 0.192 e. The van der Waals surface area contributed by atoms with Crippen LogP contribution in [-0.2, 0) is 22.5 Å². The van der Waals surface area contributed by atoms with Crippen molar-refractivity contribution in [3.63, 3.8) is 0 Å². The highest BCUT2D eigenvalue weighted by molar-refractivity contribution is 9.10. The minimum absolute atomic E-state index is 0.0477. The summed E-state index contributed by atoms with van der Waals surface area (Å²) in [6, 6.07) is 5.54. The van der Waals surface area contributed by atoms with Crippen LogP contribution in [0.5, 0.6) is 0 Å². The third-order valence-electron chi connectivity index (χ3n) is 7.72. The molecule has 1 aliphatic heterocycles. The molecule has 0 saturated carbocycles. The molecule has 1 atom stereocenters. The molecule has 224 valence electrons. The number of hydrogen-bond donors (Lipinski definition) is 2. The van der Waals surface area contributed by atoms with E-state index in [1.165, 1.54) is 12.1 Å². The fraction of sp³-hybridized carbons (Fsp3) is 0.500. The van der Waals surface area contributed by atoms with Gasteiger partial charge in [0.2, 0.25) is 0 Å². The van der Waals surface area contributed by atoms with Crippen LogP contribution in [0.25, 0.3) is 11.3 Å². The Morgan fingerprint density at radius 2 is 1.83 bits per heavy atom.